The van der Waals surface area contributed by atoms with Crippen molar-refractivity contribution in [3.63, 3.8) is 0 Å². The summed E-state index contributed by atoms with van der Waals surface area (Å²) < 4.78 is 26.0. The van der Waals surface area contributed by atoms with Crippen molar-refractivity contribution < 1.29 is 18.4 Å². The van der Waals surface area contributed by atoms with Gasteiger partial charge in [-0.3, -0.25) is 14.3 Å². The number of H-pyrrole nitrogens is 1. The van der Waals surface area contributed by atoms with Crippen molar-refractivity contribution in [3.8, 4) is 11.1 Å². The maximum atomic E-state index is 12.3. The van der Waals surface area contributed by atoms with Gasteiger partial charge in [0.05, 0.1) is 11.9 Å². The number of sulfonamides is 1. The van der Waals surface area contributed by atoms with Gasteiger partial charge in [0, 0.05) is 24.7 Å². The van der Waals surface area contributed by atoms with Crippen LogP contribution in [0.25, 0.3) is 22.0 Å². The fourth-order valence-electron chi connectivity index (χ4n) is 3.49. The van der Waals surface area contributed by atoms with Crippen molar-refractivity contribution in [1.29, 1.82) is 0 Å². The Morgan fingerprint density at radius 3 is 2.40 bits per heavy atom. The fraction of sp³-hybridized carbons (Fsp3) is 0.318. The van der Waals surface area contributed by atoms with Gasteiger partial charge < -0.3 is 4.98 Å². The molecule has 2 aromatic carbocycles. The molecule has 160 valence electrons. The predicted molar refractivity (Wildman–Crippen MR) is 119 cm³/mol. The number of aromatic amines is 1. The maximum Gasteiger partial charge on any atom is 0.243 e. The third-order valence-corrected chi connectivity index (χ3v) is 6.28. The highest BCUT2D eigenvalue weighted by Gasteiger charge is 2.17. The lowest BCUT2D eigenvalue weighted by Crippen LogP contribution is -2.30. The topological polar surface area (TPSA) is 102 Å². The van der Waals surface area contributed by atoms with E-state index in [2.05, 4.69) is 11.1 Å². The maximum absolute atomic E-state index is 12.3. The molecule has 0 spiro atoms. The number of anilines is 1. The third-order valence-electron chi connectivity index (χ3n) is 5.08. The predicted octanol–water partition coefficient (Wildman–Crippen LogP) is 4.06. The Labute approximate surface area is 176 Å². The molecular formula is C22H27N3O4S. The van der Waals surface area contributed by atoms with E-state index in [0.717, 1.165) is 34.9 Å². The van der Waals surface area contributed by atoms with E-state index in [1.54, 1.807) is 5.48 Å². The lowest BCUT2D eigenvalue weighted by molar-refractivity contribution is -0.129. The summed E-state index contributed by atoms with van der Waals surface area (Å²) in [6.45, 7) is 0.389. The van der Waals surface area contributed by atoms with Crippen LogP contribution in [0.3, 0.4) is 0 Å². The molecular weight excluding hydrogens is 402 g/mol. The summed E-state index contributed by atoms with van der Waals surface area (Å²) in [5, 5.41) is 9.61. The highest BCUT2D eigenvalue weighted by atomic mass is 32.2. The van der Waals surface area contributed by atoms with E-state index >= 15 is 0 Å². The lowest BCUT2D eigenvalue weighted by atomic mass is 10.0. The van der Waals surface area contributed by atoms with Gasteiger partial charge in [0.15, 0.2) is 0 Å². The Balaban J connectivity index is 1.63. The first-order chi connectivity index (χ1) is 14.4. The van der Waals surface area contributed by atoms with E-state index in [4.69, 9.17) is 5.21 Å². The van der Waals surface area contributed by atoms with Crippen LogP contribution in [0.1, 0.15) is 32.1 Å². The van der Waals surface area contributed by atoms with Gasteiger partial charge in [-0.15, -0.1) is 0 Å². The zero-order valence-electron chi connectivity index (χ0n) is 17.0. The number of amides is 1. The molecule has 0 fully saturated rings. The number of nitrogens with one attached hydrogen (secondary N) is 2. The highest BCUT2D eigenvalue weighted by molar-refractivity contribution is 7.92. The summed E-state index contributed by atoms with van der Waals surface area (Å²) in [6.07, 6.45) is 6.34. The molecule has 3 rings (SSSR count). The van der Waals surface area contributed by atoms with Gasteiger partial charge in [-0.25, -0.2) is 13.9 Å². The molecule has 1 aromatic heterocycles. The molecule has 0 aliphatic heterocycles. The molecule has 3 N–H and O–H groups in total. The monoisotopic (exact) mass is 429 g/mol. The van der Waals surface area contributed by atoms with Gasteiger partial charge in [0.1, 0.15) is 0 Å². The van der Waals surface area contributed by atoms with Gasteiger partial charge in [-0.2, -0.15) is 0 Å². The number of nitrogens with zero attached hydrogens (tertiary/aromatic N) is 1. The van der Waals surface area contributed by atoms with Gasteiger partial charge in [-0.1, -0.05) is 31.0 Å². The van der Waals surface area contributed by atoms with Crippen LogP contribution < -0.4 is 9.79 Å². The van der Waals surface area contributed by atoms with Crippen molar-refractivity contribution in [2.24, 2.45) is 0 Å². The molecule has 0 saturated heterocycles. The van der Waals surface area contributed by atoms with Crippen LogP contribution >= 0.6 is 0 Å². The second kappa shape index (κ2) is 9.77. The van der Waals surface area contributed by atoms with Crippen molar-refractivity contribution in [2.45, 2.75) is 32.1 Å². The highest BCUT2D eigenvalue weighted by Crippen LogP contribution is 2.27. The molecule has 0 bridgehead atoms. The van der Waals surface area contributed by atoms with Crippen LogP contribution in [-0.4, -0.2) is 37.3 Å². The number of rotatable bonds is 10. The first kappa shape index (κ1) is 21.9. The van der Waals surface area contributed by atoms with E-state index < -0.39 is 15.9 Å². The summed E-state index contributed by atoms with van der Waals surface area (Å²) in [5.74, 6) is -0.400. The van der Waals surface area contributed by atoms with Gasteiger partial charge in [0.25, 0.3) is 0 Å². The summed E-state index contributed by atoms with van der Waals surface area (Å²) in [4.78, 5) is 14.2. The molecule has 0 aliphatic rings. The summed E-state index contributed by atoms with van der Waals surface area (Å²) in [6, 6.07) is 15.8. The third kappa shape index (κ3) is 5.61. The lowest BCUT2D eigenvalue weighted by Gasteiger charge is -2.22. The van der Waals surface area contributed by atoms with Crippen molar-refractivity contribution in [2.75, 3.05) is 17.1 Å². The van der Waals surface area contributed by atoms with Crippen LogP contribution in [-0.2, 0) is 14.8 Å². The van der Waals surface area contributed by atoms with Crippen molar-refractivity contribution >= 4 is 32.5 Å². The van der Waals surface area contributed by atoms with Crippen molar-refractivity contribution in [3.05, 3.63) is 54.7 Å². The standard InChI is InChI=1S/C22H27N3O4S/c1-30(28,29)25(15-5-3-2-4-6-22(26)24-27)20-10-7-17(8-11-20)18-9-12-21-19(16-18)13-14-23-21/h7-14,16,23,27H,2-6,15H2,1H3,(H,24,26). The zero-order valence-corrected chi connectivity index (χ0v) is 17.8. The van der Waals surface area contributed by atoms with Crippen LogP contribution in [0, 0.1) is 0 Å². The second-order valence-electron chi connectivity index (χ2n) is 7.36. The Morgan fingerprint density at radius 2 is 1.70 bits per heavy atom. The Bertz CT molecular complexity index is 1090. The van der Waals surface area contributed by atoms with E-state index in [9.17, 15) is 13.2 Å². The molecule has 0 unspecified atom stereocenters. The average Bonchev–Trinajstić information content (AvgIpc) is 3.20. The zero-order chi connectivity index (χ0) is 21.6. The Morgan fingerprint density at radius 1 is 1.00 bits per heavy atom. The van der Waals surface area contributed by atoms with Gasteiger partial charge in [0.2, 0.25) is 15.9 Å². The number of carbonyl (C=O) groups is 1. The number of hydrogen-bond donors (Lipinski definition) is 3. The first-order valence-corrected chi connectivity index (χ1v) is 11.8. The average molecular weight is 430 g/mol. The molecule has 0 aliphatic carbocycles. The number of aromatic nitrogens is 1. The molecule has 0 radical (unpaired) electrons. The number of carbonyl (C=O) groups excluding carboxylic acids is 1. The fourth-order valence-corrected chi connectivity index (χ4v) is 4.46. The Hall–Kier alpha value is -2.84. The van der Waals surface area contributed by atoms with Gasteiger partial charge in [-0.05, 0) is 59.7 Å². The minimum Gasteiger partial charge on any atom is -0.361 e. The van der Waals surface area contributed by atoms with Crippen LogP contribution in [0.2, 0.25) is 0 Å². The number of hydrogen-bond acceptors (Lipinski definition) is 4. The second-order valence-corrected chi connectivity index (χ2v) is 9.27. The minimum absolute atomic E-state index is 0.266. The largest absolute Gasteiger partial charge is 0.361 e. The summed E-state index contributed by atoms with van der Waals surface area (Å²) in [5.41, 5.74) is 5.43. The number of unbranched alkanes of at least 4 members (excludes halogenated alkanes) is 3. The minimum atomic E-state index is -3.39. The first-order valence-electron chi connectivity index (χ1n) is 9.97. The van der Waals surface area contributed by atoms with Gasteiger partial charge >= 0.3 is 0 Å². The molecule has 30 heavy (non-hydrogen) atoms. The normalized spacial score (nSPS) is 11.5. The van der Waals surface area contributed by atoms with E-state index in [1.807, 2.05) is 48.7 Å². The molecule has 1 amide bonds. The quantitative estimate of drug-likeness (QED) is 0.257. The number of fused-ring (bicyclic) bond motifs is 1. The van der Waals surface area contributed by atoms with Crippen LogP contribution in [0.15, 0.2) is 54.7 Å². The van der Waals surface area contributed by atoms with Crippen LogP contribution in [0.5, 0.6) is 0 Å². The molecule has 8 heteroatoms. The summed E-state index contributed by atoms with van der Waals surface area (Å²) in [7, 11) is -3.39. The smallest absolute Gasteiger partial charge is 0.243 e. The molecule has 7 nitrogen and oxygen atoms in total. The van der Waals surface area contributed by atoms with E-state index in [1.165, 1.54) is 10.6 Å². The number of hydroxylamine groups is 1. The van der Waals surface area contributed by atoms with E-state index in [0.29, 0.717) is 25.1 Å². The SMILES string of the molecule is CS(=O)(=O)N(CCCCCCC(=O)NO)c1ccc(-c2ccc3[nH]ccc3c2)cc1. The van der Waals surface area contributed by atoms with Crippen molar-refractivity contribution in [1.82, 2.24) is 10.5 Å². The summed E-state index contributed by atoms with van der Waals surface area (Å²) >= 11 is 0. The molecule has 0 atom stereocenters. The molecule has 1 heterocycles. The Kier molecular flexibility index (Phi) is 7.12. The number of benzene rings is 2. The molecule has 0 saturated carbocycles. The molecule has 3 aromatic rings. The van der Waals surface area contributed by atoms with Crippen LogP contribution in [0.4, 0.5) is 5.69 Å². The van der Waals surface area contributed by atoms with E-state index in [-0.39, 0.29) is 6.42 Å².